The van der Waals surface area contributed by atoms with Gasteiger partial charge in [-0.1, -0.05) is 19.4 Å². The zero-order chi connectivity index (χ0) is 10.2. The van der Waals surface area contributed by atoms with Gasteiger partial charge in [-0.15, -0.1) is 0 Å². The summed E-state index contributed by atoms with van der Waals surface area (Å²) in [6.07, 6.45) is 9.99. The standard InChI is InChI=1S/C12H16N2/c1-3-4-5-6-9-14-12-8-7-10-13-11(12)2/h5-10H,3-4H2,1-2H3/b6-5-,14-9-. The van der Waals surface area contributed by atoms with Crippen LogP contribution < -0.4 is 0 Å². The highest BCUT2D eigenvalue weighted by atomic mass is 14.8. The van der Waals surface area contributed by atoms with Gasteiger partial charge >= 0.3 is 0 Å². The molecule has 0 atom stereocenters. The molecule has 0 spiro atoms. The highest BCUT2D eigenvalue weighted by Gasteiger charge is 1.91. The molecule has 1 heterocycles. The van der Waals surface area contributed by atoms with E-state index in [-0.39, 0.29) is 0 Å². The van der Waals surface area contributed by atoms with Crippen LogP contribution in [0.3, 0.4) is 0 Å². The Balaban J connectivity index is 2.56. The molecule has 0 amide bonds. The van der Waals surface area contributed by atoms with Crippen LogP contribution in [-0.2, 0) is 0 Å². The SMILES string of the molecule is CCC/C=C\C=N/c1cccnc1C. The van der Waals surface area contributed by atoms with Crippen molar-refractivity contribution >= 4 is 11.9 Å². The number of aryl methyl sites for hydroxylation is 1. The summed E-state index contributed by atoms with van der Waals surface area (Å²) >= 11 is 0. The highest BCUT2D eigenvalue weighted by Crippen LogP contribution is 2.13. The molecule has 1 aromatic heterocycles. The van der Waals surface area contributed by atoms with Crippen LogP contribution in [0, 0.1) is 6.92 Å². The molecule has 0 bridgehead atoms. The molecule has 0 radical (unpaired) electrons. The van der Waals surface area contributed by atoms with Crippen LogP contribution in [0.15, 0.2) is 35.5 Å². The van der Waals surface area contributed by atoms with Crippen LogP contribution in [0.4, 0.5) is 5.69 Å². The Morgan fingerprint density at radius 1 is 1.50 bits per heavy atom. The average molecular weight is 188 g/mol. The van der Waals surface area contributed by atoms with Crippen LogP contribution in [0.25, 0.3) is 0 Å². The van der Waals surface area contributed by atoms with Gasteiger partial charge in [0.25, 0.3) is 0 Å². The third kappa shape index (κ3) is 3.52. The zero-order valence-corrected chi connectivity index (χ0v) is 8.77. The first-order valence-electron chi connectivity index (χ1n) is 4.95. The molecule has 0 N–H and O–H groups in total. The molecule has 0 aliphatic rings. The van der Waals surface area contributed by atoms with Gasteiger partial charge in [0.2, 0.25) is 0 Å². The molecule has 0 fully saturated rings. The maximum absolute atomic E-state index is 4.30. The topological polar surface area (TPSA) is 25.2 Å². The number of rotatable bonds is 4. The van der Waals surface area contributed by atoms with Crippen molar-refractivity contribution in [2.24, 2.45) is 4.99 Å². The van der Waals surface area contributed by atoms with E-state index in [1.807, 2.05) is 31.3 Å². The zero-order valence-electron chi connectivity index (χ0n) is 8.77. The number of allylic oxidation sites excluding steroid dienone is 2. The molecule has 1 rings (SSSR count). The number of aromatic nitrogens is 1. The summed E-state index contributed by atoms with van der Waals surface area (Å²) in [5, 5.41) is 0. The summed E-state index contributed by atoms with van der Waals surface area (Å²) in [5.41, 5.74) is 1.90. The van der Waals surface area contributed by atoms with Gasteiger partial charge in [-0.05, 0) is 31.6 Å². The van der Waals surface area contributed by atoms with Crippen LogP contribution >= 0.6 is 0 Å². The van der Waals surface area contributed by atoms with Crippen LogP contribution in [0.1, 0.15) is 25.5 Å². The lowest BCUT2D eigenvalue weighted by molar-refractivity contribution is 0.960. The van der Waals surface area contributed by atoms with E-state index in [0.29, 0.717) is 0 Å². The van der Waals surface area contributed by atoms with Crippen LogP contribution in [0.2, 0.25) is 0 Å². The van der Waals surface area contributed by atoms with Gasteiger partial charge < -0.3 is 0 Å². The average Bonchev–Trinajstić information content (AvgIpc) is 2.20. The largest absolute Gasteiger partial charge is 0.259 e. The molecule has 2 nitrogen and oxygen atoms in total. The predicted molar refractivity (Wildman–Crippen MR) is 61.2 cm³/mol. The fraction of sp³-hybridized carbons (Fsp3) is 0.333. The molecule has 1 aromatic rings. The van der Waals surface area contributed by atoms with E-state index in [1.165, 1.54) is 6.42 Å². The number of hydrogen-bond donors (Lipinski definition) is 0. The first-order chi connectivity index (χ1) is 6.84. The van der Waals surface area contributed by atoms with Crippen molar-refractivity contribution in [3.05, 3.63) is 36.2 Å². The van der Waals surface area contributed by atoms with E-state index in [1.54, 1.807) is 6.20 Å². The van der Waals surface area contributed by atoms with Gasteiger partial charge in [0, 0.05) is 12.4 Å². The maximum atomic E-state index is 4.30. The van der Waals surface area contributed by atoms with Crippen molar-refractivity contribution in [1.29, 1.82) is 0 Å². The van der Waals surface area contributed by atoms with Crippen molar-refractivity contribution < 1.29 is 0 Å². The van der Waals surface area contributed by atoms with Crippen molar-refractivity contribution in [2.75, 3.05) is 0 Å². The summed E-state index contributed by atoms with van der Waals surface area (Å²) in [6.45, 7) is 4.12. The van der Waals surface area contributed by atoms with E-state index < -0.39 is 0 Å². The first-order valence-corrected chi connectivity index (χ1v) is 4.95. The lowest BCUT2D eigenvalue weighted by Gasteiger charge is -1.95. The minimum Gasteiger partial charge on any atom is -0.259 e. The second kappa shape index (κ2) is 6.08. The minimum atomic E-state index is 0.939. The van der Waals surface area contributed by atoms with Gasteiger partial charge in [0.1, 0.15) is 0 Å². The minimum absolute atomic E-state index is 0.939. The third-order valence-electron chi connectivity index (χ3n) is 1.87. The quantitative estimate of drug-likeness (QED) is 0.664. The second-order valence-corrected chi connectivity index (χ2v) is 3.10. The molecule has 0 aromatic carbocycles. The summed E-state index contributed by atoms with van der Waals surface area (Å²) < 4.78 is 0. The van der Waals surface area contributed by atoms with Crippen LogP contribution in [0.5, 0.6) is 0 Å². The van der Waals surface area contributed by atoms with Gasteiger partial charge in [0.15, 0.2) is 0 Å². The van der Waals surface area contributed by atoms with E-state index in [4.69, 9.17) is 0 Å². The molecule has 14 heavy (non-hydrogen) atoms. The number of nitrogens with zero attached hydrogens (tertiary/aromatic N) is 2. The fourth-order valence-corrected chi connectivity index (χ4v) is 1.06. The van der Waals surface area contributed by atoms with Gasteiger partial charge in [-0.2, -0.15) is 0 Å². The normalized spacial score (nSPS) is 11.6. The first kappa shape index (κ1) is 10.6. The number of hydrogen-bond acceptors (Lipinski definition) is 2. The Kier molecular flexibility index (Phi) is 4.62. The van der Waals surface area contributed by atoms with Gasteiger partial charge in [-0.25, -0.2) is 0 Å². The molecule has 0 unspecified atom stereocenters. The predicted octanol–water partition coefficient (Wildman–Crippen LogP) is 3.45. The van der Waals surface area contributed by atoms with Crippen molar-refractivity contribution in [1.82, 2.24) is 4.98 Å². The Labute approximate surface area is 85.4 Å². The second-order valence-electron chi connectivity index (χ2n) is 3.10. The molecule has 0 aliphatic heterocycles. The lowest BCUT2D eigenvalue weighted by atomic mass is 10.3. The Hall–Kier alpha value is -1.44. The van der Waals surface area contributed by atoms with Crippen molar-refractivity contribution in [2.45, 2.75) is 26.7 Å². The third-order valence-corrected chi connectivity index (χ3v) is 1.87. The highest BCUT2D eigenvalue weighted by molar-refractivity contribution is 5.74. The number of pyridine rings is 1. The summed E-state index contributed by atoms with van der Waals surface area (Å²) in [7, 11) is 0. The Bertz CT molecular complexity index is 327. The molecule has 0 saturated heterocycles. The summed E-state index contributed by atoms with van der Waals surface area (Å²) in [4.78, 5) is 8.46. The van der Waals surface area contributed by atoms with E-state index >= 15 is 0 Å². The fourth-order valence-electron chi connectivity index (χ4n) is 1.06. The lowest BCUT2D eigenvalue weighted by Crippen LogP contribution is -1.78. The Morgan fingerprint density at radius 3 is 3.07 bits per heavy atom. The molecule has 2 heteroatoms. The van der Waals surface area contributed by atoms with E-state index in [9.17, 15) is 0 Å². The smallest absolute Gasteiger partial charge is 0.0841 e. The Morgan fingerprint density at radius 2 is 2.36 bits per heavy atom. The number of aliphatic imine (C=N–C) groups is 1. The van der Waals surface area contributed by atoms with Gasteiger partial charge in [-0.3, -0.25) is 9.98 Å². The van der Waals surface area contributed by atoms with Crippen molar-refractivity contribution in [3.8, 4) is 0 Å². The molecular weight excluding hydrogens is 172 g/mol. The summed E-state index contributed by atoms with van der Waals surface area (Å²) in [5.74, 6) is 0. The number of unbranched alkanes of at least 4 members (excludes halogenated alkanes) is 1. The maximum Gasteiger partial charge on any atom is 0.0841 e. The molecule has 0 saturated carbocycles. The summed E-state index contributed by atoms with van der Waals surface area (Å²) in [6, 6.07) is 3.86. The van der Waals surface area contributed by atoms with E-state index in [2.05, 4.69) is 23.0 Å². The molecule has 74 valence electrons. The van der Waals surface area contributed by atoms with Crippen LogP contribution in [-0.4, -0.2) is 11.2 Å². The molecule has 0 aliphatic carbocycles. The van der Waals surface area contributed by atoms with E-state index in [0.717, 1.165) is 17.8 Å². The molecular formula is C12H16N2. The monoisotopic (exact) mass is 188 g/mol. The van der Waals surface area contributed by atoms with Crippen molar-refractivity contribution in [3.63, 3.8) is 0 Å². The van der Waals surface area contributed by atoms with Gasteiger partial charge in [0.05, 0.1) is 11.4 Å².